The fourth-order valence-corrected chi connectivity index (χ4v) is 2.98. The minimum absolute atomic E-state index is 0.158. The summed E-state index contributed by atoms with van der Waals surface area (Å²) in [7, 11) is 1.70. The van der Waals surface area contributed by atoms with Crippen LogP contribution in [0, 0.1) is 5.82 Å². The van der Waals surface area contributed by atoms with Gasteiger partial charge in [-0.1, -0.05) is 12.1 Å². The van der Waals surface area contributed by atoms with Crippen molar-refractivity contribution in [2.45, 2.75) is 19.9 Å². The number of anilines is 1. The Bertz CT molecular complexity index is 851. The fourth-order valence-electron chi connectivity index (χ4n) is 2.98. The highest BCUT2D eigenvalue weighted by Crippen LogP contribution is 2.25. The van der Waals surface area contributed by atoms with Crippen molar-refractivity contribution in [1.82, 2.24) is 10.2 Å². The lowest BCUT2D eigenvalue weighted by Crippen LogP contribution is -2.26. The smallest absolute Gasteiger partial charge is 0.255 e. The van der Waals surface area contributed by atoms with Crippen molar-refractivity contribution in [1.29, 1.82) is 0 Å². The molecule has 0 aromatic heterocycles. The number of fused-ring (bicyclic) bond motifs is 1. The monoisotopic (exact) mass is 355 g/mol. The largest absolute Gasteiger partial charge is 0.342 e. The summed E-state index contributed by atoms with van der Waals surface area (Å²) in [5, 5.41) is 5.82. The van der Waals surface area contributed by atoms with Crippen molar-refractivity contribution in [2.24, 2.45) is 0 Å². The quantitative estimate of drug-likeness (QED) is 0.887. The van der Waals surface area contributed by atoms with Gasteiger partial charge in [0, 0.05) is 31.3 Å². The molecule has 3 rings (SSSR count). The van der Waals surface area contributed by atoms with E-state index in [9.17, 15) is 14.0 Å². The van der Waals surface area contributed by atoms with Gasteiger partial charge in [0.1, 0.15) is 5.82 Å². The van der Waals surface area contributed by atoms with Crippen LogP contribution in [0.15, 0.2) is 36.4 Å². The maximum atomic E-state index is 14.7. The van der Waals surface area contributed by atoms with Gasteiger partial charge in [-0.3, -0.25) is 9.59 Å². The van der Waals surface area contributed by atoms with Gasteiger partial charge < -0.3 is 15.5 Å². The van der Waals surface area contributed by atoms with Gasteiger partial charge >= 0.3 is 0 Å². The van der Waals surface area contributed by atoms with E-state index in [4.69, 9.17) is 0 Å². The molecule has 136 valence electrons. The van der Waals surface area contributed by atoms with Gasteiger partial charge in [-0.15, -0.1) is 0 Å². The second-order valence-electron chi connectivity index (χ2n) is 6.35. The summed E-state index contributed by atoms with van der Waals surface area (Å²) in [6.45, 7) is 3.80. The molecular weight excluding hydrogens is 333 g/mol. The summed E-state index contributed by atoms with van der Waals surface area (Å²) in [6, 6.07) is 9.87. The maximum absolute atomic E-state index is 14.7. The first kappa shape index (κ1) is 18.1. The molecule has 1 aliphatic rings. The molecule has 2 aromatic carbocycles. The van der Waals surface area contributed by atoms with Gasteiger partial charge in [0.05, 0.1) is 5.69 Å². The van der Waals surface area contributed by atoms with Crippen molar-refractivity contribution in [3.8, 4) is 0 Å². The predicted molar refractivity (Wildman–Crippen MR) is 98.8 cm³/mol. The number of hydrogen-bond donors (Lipinski definition) is 2. The number of halogens is 1. The molecule has 0 unspecified atom stereocenters. The fraction of sp³-hybridized carbons (Fsp3) is 0.300. The molecule has 6 heteroatoms. The first-order chi connectivity index (χ1) is 12.5. The summed E-state index contributed by atoms with van der Waals surface area (Å²) in [6.07, 6.45) is 0.595. The summed E-state index contributed by atoms with van der Waals surface area (Å²) in [4.78, 5) is 26.3. The Morgan fingerprint density at radius 3 is 2.77 bits per heavy atom. The molecule has 0 saturated heterocycles. The highest BCUT2D eigenvalue weighted by atomic mass is 19.1. The van der Waals surface area contributed by atoms with Crippen LogP contribution in [0.5, 0.6) is 0 Å². The maximum Gasteiger partial charge on any atom is 0.255 e. The van der Waals surface area contributed by atoms with E-state index < -0.39 is 5.91 Å². The van der Waals surface area contributed by atoms with Crippen molar-refractivity contribution < 1.29 is 14.0 Å². The lowest BCUT2D eigenvalue weighted by molar-refractivity contribution is 0.0802. The second kappa shape index (κ2) is 7.66. The normalized spacial score (nSPS) is 13.0. The van der Waals surface area contributed by atoms with Crippen molar-refractivity contribution in [2.75, 3.05) is 25.5 Å². The number of nitrogens with zero attached hydrogens (tertiary/aromatic N) is 1. The molecule has 2 N–H and O–H groups in total. The predicted octanol–water partition coefficient (Wildman–Crippen LogP) is 2.82. The van der Waals surface area contributed by atoms with Gasteiger partial charge in [-0.25, -0.2) is 4.39 Å². The van der Waals surface area contributed by atoms with Crippen LogP contribution in [0.3, 0.4) is 0 Å². The molecule has 0 radical (unpaired) electrons. The Kier molecular flexibility index (Phi) is 5.32. The lowest BCUT2D eigenvalue weighted by Gasteiger charge is -2.19. The van der Waals surface area contributed by atoms with Gasteiger partial charge in [0.15, 0.2) is 0 Å². The third kappa shape index (κ3) is 3.60. The van der Waals surface area contributed by atoms with E-state index in [0.29, 0.717) is 36.2 Å². The van der Waals surface area contributed by atoms with Crippen LogP contribution in [0.25, 0.3) is 0 Å². The molecule has 0 atom stereocenters. The topological polar surface area (TPSA) is 61.4 Å². The van der Waals surface area contributed by atoms with Crippen LogP contribution in [-0.2, 0) is 13.0 Å². The van der Waals surface area contributed by atoms with Gasteiger partial charge in [-0.05, 0) is 55.3 Å². The first-order valence-corrected chi connectivity index (χ1v) is 8.69. The average molecular weight is 355 g/mol. The van der Waals surface area contributed by atoms with Crippen LogP contribution in [-0.4, -0.2) is 36.9 Å². The highest BCUT2D eigenvalue weighted by Gasteiger charge is 2.19. The Morgan fingerprint density at radius 2 is 2.00 bits per heavy atom. The van der Waals surface area contributed by atoms with Crippen LogP contribution in [0.1, 0.15) is 38.8 Å². The van der Waals surface area contributed by atoms with E-state index in [1.54, 1.807) is 36.2 Å². The molecule has 0 fully saturated rings. The Balaban J connectivity index is 1.82. The SMILES string of the molecule is CCN(C)C(=O)c1cccc(C(=O)Nc2ccc3c(c2F)CCNC3)c1. The summed E-state index contributed by atoms with van der Waals surface area (Å²) in [5.41, 5.74) is 2.48. The molecule has 0 saturated carbocycles. The number of benzene rings is 2. The Hall–Kier alpha value is -2.73. The standard InChI is InChI=1S/C20H22FN3O2/c1-3-24(2)20(26)14-6-4-5-13(11-14)19(25)23-17-8-7-15-12-22-10-9-16(15)18(17)21/h4-8,11,22H,3,9-10,12H2,1-2H3,(H,23,25). The summed E-state index contributed by atoms with van der Waals surface area (Å²) >= 11 is 0. The van der Waals surface area contributed by atoms with Crippen molar-refractivity contribution >= 4 is 17.5 Å². The Morgan fingerprint density at radius 1 is 1.23 bits per heavy atom. The molecule has 0 spiro atoms. The summed E-state index contributed by atoms with van der Waals surface area (Å²) < 4.78 is 14.7. The average Bonchev–Trinajstić information content (AvgIpc) is 2.69. The molecule has 2 aromatic rings. The molecule has 1 heterocycles. The molecule has 2 amide bonds. The van der Waals surface area contributed by atoms with Crippen molar-refractivity contribution in [3.05, 3.63) is 64.5 Å². The molecule has 0 aliphatic carbocycles. The second-order valence-corrected chi connectivity index (χ2v) is 6.35. The van der Waals surface area contributed by atoms with E-state index in [1.807, 2.05) is 13.0 Å². The Labute approximate surface area is 152 Å². The minimum atomic E-state index is -0.438. The highest BCUT2D eigenvalue weighted by molar-refractivity contribution is 6.06. The van der Waals surface area contributed by atoms with E-state index in [0.717, 1.165) is 12.1 Å². The van der Waals surface area contributed by atoms with Gasteiger partial charge in [0.25, 0.3) is 11.8 Å². The van der Waals surface area contributed by atoms with E-state index in [-0.39, 0.29) is 17.4 Å². The number of hydrogen-bond acceptors (Lipinski definition) is 3. The zero-order chi connectivity index (χ0) is 18.7. The molecule has 0 bridgehead atoms. The van der Waals surface area contributed by atoms with E-state index in [1.165, 1.54) is 6.07 Å². The zero-order valence-electron chi connectivity index (χ0n) is 14.9. The lowest BCUT2D eigenvalue weighted by atomic mass is 9.99. The summed E-state index contributed by atoms with van der Waals surface area (Å²) in [5.74, 6) is -0.975. The molecule has 5 nitrogen and oxygen atoms in total. The van der Waals surface area contributed by atoms with Crippen LogP contribution in [0.4, 0.5) is 10.1 Å². The number of carbonyl (C=O) groups excluding carboxylic acids is 2. The van der Waals surface area contributed by atoms with Crippen molar-refractivity contribution in [3.63, 3.8) is 0 Å². The van der Waals surface area contributed by atoms with Crippen LogP contribution < -0.4 is 10.6 Å². The number of carbonyl (C=O) groups is 2. The first-order valence-electron chi connectivity index (χ1n) is 8.69. The molecule has 1 aliphatic heterocycles. The number of nitrogens with one attached hydrogen (secondary N) is 2. The van der Waals surface area contributed by atoms with Gasteiger partial charge in [-0.2, -0.15) is 0 Å². The molecular formula is C20H22FN3O2. The van der Waals surface area contributed by atoms with Gasteiger partial charge in [0.2, 0.25) is 0 Å². The number of amides is 2. The third-order valence-corrected chi connectivity index (χ3v) is 4.65. The number of rotatable bonds is 4. The zero-order valence-corrected chi connectivity index (χ0v) is 14.9. The van der Waals surface area contributed by atoms with Crippen LogP contribution >= 0.6 is 0 Å². The minimum Gasteiger partial charge on any atom is -0.342 e. The van der Waals surface area contributed by atoms with E-state index in [2.05, 4.69) is 10.6 Å². The third-order valence-electron chi connectivity index (χ3n) is 4.65. The van der Waals surface area contributed by atoms with E-state index >= 15 is 0 Å². The molecule has 26 heavy (non-hydrogen) atoms. The van der Waals surface area contributed by atoms with Crippen LogP contribution in [0.2, 0.25) is 0 Å².